The molecule has 1 saturated heterocycles. The number of likely N-dealkylation sites (tertiary alicyclic amines) is 1. The Morgan fingerprint density at radius 3 is 2.44 bits per heavy atom. The van der Waals surface area contributed by atoms with E-state index in [1.54, 1.807) is 0 Å². The Bertz CT molecular complexity index is 730. The highest BCUT2D eigenvalue weighted by Crippen LogP contribution is 2.26. The molecule has 2 atom stereocenters. The lowest BCUT2D eigenvalue weighted by atomic mass is 9.98. The van der Waals surface area contributed by atoms with Crippen molar-refractivity contribution in [2.45, 2.75) is 57.3 Å². The molecule has 3 rings (SSSR count). The van der Waals surface area contributed by atoms with Gasteiger partial charge in [0.25, 0.3) is 0 Å². The fraction of sp³-hybridized carbons (Fsp3) is 0.526. The summed E-state index contributed by atoms with van der Waals surface area (Å²) in [6.07, 6.45) is 3.41. The van der Waals surface area contributed by atoms with E-state index in [2.05, 4.69) is 55.2 Å². The number of nitrogens with zero attached hydrogens (tertiary/aromatic N) is 4. The Kier molecular flexibility index (Phi) is 5.47. The average Bonchev–Trinajstić information content (AvgIpc) is 2.94. The van der Waals surface area contributed by atoms with Gasteiger partial charge < -0.3 is 9.47 Å². The third-order valence-corrected chi connectivity index (χ3v) is 5.96. The molecule has 0 spiro atoms. The molecule has 1 aromatic carbocycles. The SMILES string of the molecule is Cc1ccc(-c2nnc(SCC(=O)N3[C@H](C)CCC[C@H]3C)n2C)cc1. The predicted octanol–water partition coefficient (Wildman–Crippen LogP) is 3.67. The van der Waals surface area contributed by atoms with Crippen LogP contribution in [0.1, 0.15) is 38.7 Å². The number of benzene rings is 1. The number of hydrogen-bond acceptors (Lipinski definition) is 4. The van der Waals surface area contributed by atoms with Crippen LogP contribution in [0.2, 0.25) is 0 Å². The molecular formula is C19H26N4OS. The van der Waals surface area contributed by atoms with Gasteiger partial charge in [-0.3, -0.25) is 4.79 Å². The number of carbonyl (C=O) groups is 1. The van der Waals surface area contributed by atoms with Gasteiger partial charge in [-0.1, -0.05) is 41.6 Å². The summed E-state index contributed by atoms with van der Waals surface area (Å²) in [5, 5.41) is 9.36. The van der Waals surface area contributed by atoms with Gasteiger partial charge in [0.2, 0.25) is 5.91 Å². The predicted molar refractivity (Wildman–Crippen MR) is 102 cm³/mol. The number of thioether (sulfide) groups is 1. The minimum Gasteiger partial charge on any atom is -0.337 e. The largest absolute Gasteiger partial charge is 0.337 e. The molecule has 1 aromatic heterocycles. The van der Waals surface area contributed by atoms with E-state index < -0.39 is 0 Å². The van der Waals surface area contributed by atoms with Crippen molar-refractivity contribution >= 4 is 17.7 Å². The molecule has 0 unspecified atom stereocenters. The van der Waals surface area contributed by atoms with E-state index in [1.807, 2.05) is 16.5 Å². The summed E-state index contributed by atoms with van der Waals surface area (Å²) < 4.78 is 1.96. The van der Waals surface area contributed by atoms with Crippen molar-refractivity contribution in [3.05, 3.63) is 29.8 Å². The second-order valence-electron chi connectivity index (χ2n) is 6.95. The fourth-order valence-electron chi connectivity index (χ4n) is 3.51. The summed E-state index contributed by atoms with van der Waals surface area (Å²) in [4.78, 5) is 14.7. The van der Waals surface area contributed by atoms with Crippen LogP contribution in [0.5, 0.6) is 0 Å². The molecule has 0 radical (unpaired) electrons. The Morgan fingerprint density at radius 2 is 1.80 bits per heavy atom. The summed E-state index contributed by atoms with van der Waals surface area (Å²) in [5.41, 5.74) is 2.26. The van der Waals surface area contributed by atoms with Crippen molar-refractivity contribution in [1.82, 2.24) is 19.7 Å². The summed E-state index contributed by atoms with van der Waals surface area (Å²) in [6.45, 7) is 6.36. The van der Waals surface area contributed by atoms with Crippen molar-refractivity contribution in [3.63, 3.8) is 0 Å². The number of aromatic nitrogens is 3. The minimum absolute atomic E-state index is 0.199. The molecule has 0 saturated carbocycles. The molecule has 1 aliphatic heterocycles. The molecule has 1 amide bonds. The standard InChI is InChI=1S/C19H26N4OS/c1-13-8-10-16(11-9-13)18-20-21-19(22(18)4)25-12-17(24)23-14(2)6-5-7-15(23)3/h8-11,14-15H,5-7,12H2,1-4H3/t14-,15-/m1/s1. The number of aryl methyl sites for hydroxylation is 1. The van der Waals surface area contributed by atoms with Gasteiger partial charge in [0.15, 0.2) is 11.0 Å². The van der Waals surface area contributed by atoms with Crippen LogP contribution in [-0.2, 0) is 11.8 Å². The molecular weight excluding hydrogens is 332 g/mol. The van der Waals surface area contributed by atoms with Gasteiger partial charge in [-0.05, 0) is 40.0 Å². The number of carbonyl (C=O) groups excluding carboxylic acids is 1. The Morgan fingerprint density at radius 1 is 1.16 bits per heavy atom. The minimum atomic E-state index is 0.199. The summed E-state index contributed by atoms with van der Waals surface area (Å²) in [6, 6.07) is 8.91. The van der Waals surface area contributed by atoms with E-state index in [-0.39, 0.29) is 5.91 Å². The molecule has 0 aliphatic carbocycles. The lowest BCUT2D eigenvalue weighted by Gasteiger charge is -2.39. The highest BCUT2D eigenvalue weighted by Gasteiger charge is 2.29. The zero-order chi connectivity index (χ0) is 18.0. The van der Waals surface area contributed by atoms with Gasteiger partial charge in [0.05, 0.1) is 5.75 Å². The van der Waals surface area contributed by atoms with Crippen LogP contribution >= 0.6 is 11.8 Å². The third kappa shape index (κ3) is 3.89. The molecule has 2 heterocycles. The quantitative estimate of drug-likeness (QED) is 0.783. The van der Waals surface area contributed by atoms with Crippen molar-refractivity contribution < 1.29 is 4.79 Å². The monoisotopic (exact) mass is 358 g/mol. The summed E-state index contributed by atoms with van der Waals surface area (Å²) in [5.74, 6) is 1.44. The number of rotatable bonds is 4. The van der Waals surface area contributed by atoms with Crippen molar-refractivity contribution in [2.24, 2.45) is 7.05 Å². The van der Waals surface area contributed by atoms with Crippen molar-refractivity contribution in [1.29, 1.82) is 0 Å². The van der Waals surface area contributed by atoms with Crippen molar-refractivity contribution in [2.75, 3.05) is 5.75 Å². The zero-order valence-electron chi connectivity index (χ0n) is 15.4. The molecule has 2 aromatic rings. The van der Waals surface area contributed by atoms with E-state index in [0.29, 0.717) is 17.8 Å². The van der Waals surface area contributed by atoms with Crippen molar-refractivity contribution in [3.8, 4) is 11.4 Å². The first-order chi connectivity index (χ1) is 12.0. The molecule has 134 valence electrons. The van der Waals surface area contributed by atoms with E-state index in [4.69, 9.17) is 0 Å². The second kappa shape index (κ2) is 7.60. The topological polar surface area (TPSA) is 51.0 Å². The summed E-state index contributed by atoms with van der Waals surface area (Å²) >= 11 is 1.47. The van der Waals surface area contributed by atoms with Crippen LogP contribution in [0.4, 0.5) is 0 Å². The van der Waals surface area contributed by atoms with Crippen LogP contribution < -0.4 is 0 Å². The van der Waals surface area contributed by atoms with E-state index in [1.165, 1.54) is 23.7 Å². The van der Waals surface area contributed by atoms with E-state index in [0.717, 1.165) is 29.4 Å². The normalized spacial score (nSPS) is 20.7. The first-order valence-electron chi connectivity index (χ1n) is 8.87. The first kappa shape index (κ1) is 18.0. The number of hydrogen-bond donors (Lipinski definition) is 0. The van der Waals surface area contributed by atoms with Gasteiger partial charge in [-0.15, -0.1) is 10.2 Å². The Balaban J connectivity index is 1.68. The third-order valence-electron chi connectivity index (χ3n) is 4.95. The zero-order valence-corrected chi connectivity index (χ0v) is 16.2. The maximum atomic E-state index is 12.7. The van der Waals surface area contributed by atoms with Crippen LogP contribution in [0.3, 0.4) is 0 Å². The molecule has 6 heteroatoms. The number of amides is 1. The van der Waals surface area contributed by atoms with Crippen LogP contribution in [0.15, 0.2) is 29.4 Å². The van der Waals surface area contributed by atoms with E-state index >= 15 is 0 Å². The number of piperidine rings is 1. The Labute approximate surface area is 153 Å². The van der Waals surface area contributed by atoms with E-state index in [9.17, 15) is 4.79 Å². The van der Waals surface area contributed by atoms with Crippen LogP contribution in [0, 0.1) is 6.92 Å². The van der Waals surface area contributed by atoms with Gasteiger partial charge >= 0.3 is 0 Å². The highest BCUT2D eigenvalue weighted by atomic mass is 32.2. The van der Waals surface area contributed by atoms with Gasteiger partial charge in [0.1, 0.15) is 0 Å². The molecule has 1 aliphatic rings. The molecule has 5 nitrogen and oxygen atoms in total. The van der Waals surface area contributed by atoms with Crippen LogP contribution in [-0.4, -0.2) is 43.4 Å². The molecule has 0 bridgehead atoms. The van der Waals surface area contributed by atoms with Gasteiger partial charge in [-0.25, -0.2) is 0 Å². The first-order valence-corrected chi connectivity index (χ1v) is 9.86. The molecule has 25 heavy (non-hydrogen) atoms. The lowest BCUT2D eigenvalue weighted by molar-refractivity contribution is -0.134. The second-order valence-corrected chi connectivity index (χ2v) is 7.89. The smallest absolute Gasteiger partial charge is 0.233 e. The fourth-order valence-corrected chi connectivity index (χ4v) is 4.29. The molecule has 0 N–H and O–H groups in total. The average molecular weight is 359 g/mol. The maximum Gasteiger partial charge on any atom is 0.233 e. The molecule has 1 fully saturated rings. The van der Waals surface area contributed by atoms with Gasteiger partial charge in [-0.2, -0.15) is 0 Å². The Hall–Kier alpha value is -1.82. The highest BCUT2D eigenvalue weighted by molar-refractivity contribution is 7.99. The summed E-state index contributed by atoms with van der Waals surface area (Å²) in [7, 11) is 1.95. The van der Waals surface area contributed by atoms with Crippen LogP contribution in [0.25, 0.3) is 11.4 Å². The maximum absolute atomic E-state index is 12.7. The van der Waals surface area contributed by atoms with Gasteiger partial charge in [0, 0.05) is 24.7 Å². The lowest BCUT2D eigenvalue weighted by Crippen LogP contribution is -2.48.